The maximum atomic E-state index is 13.1. The molecule has 0 atom stereocenters. The lowest BCUT2D eigenvalue weighted by atomic mass is 10.1. The summed E-state index contributed by atoms with van der Waals surface area (Å²) in [5.74, 6) is 1.79. The van der Waals surface area contributed by atoms with Crippen molar-refractivity contribution in [2.75, 3.05) is 31.1 Å². The minimum Gasteiger partial charge on any atom is -0.339 e. The zero-order valence-electron chi connectivity index (χ0n) is 14.7. The number of aromatic nitrogens is 4. The van der Waals surface area contributed by atoms with Gasteiger partial charge in [-0.2, -0.15) is 0 Å². The van der Waals surface area contributed by atoms with Crippen molar-refractivity contribution in [3.8, 4) is 0 Å². The fraction of sp³-hybridized carbons (Fsp3) is 0.556. The molecule has 1 fully saturated rings. The second kappa shape index (κ2) is 6.82. The Morgan fingerprint density at radius 1 is 1.00 bits per heavy atom. The van der Waals surface area contributed by atoms with E-state index in [1.54, 1.807) is 12.4 Å². The molecule has 0 spiro atoms. The molecule has 4 rings (SSSR count). The van der Waals surface area contributed by atoms with E-state index in [2.05, 4.69) is 24.4 Å². The third-order valence-electron chi connectivity index (χ3n) is 5.13. The number of hydrogen-bond acceptors (Lipinski definition) is 5. The van der Waals surface area contributed by atoms with Crippen molar-refractivity contribution in [3.63, 3.8) is 0 Å². The van der Waals surface area contributed by atoms with Gasteiger partial charge in [0.2, 0.25) is 5.95 Å². The van der Waals surface area contributed by atoms with Crippen LogP contribution in [0.25, 0.3) is 0 Å². The quantitative estimate of drug-likeness (QED) is 0.832. The molecule has 2 aromatic rings. The first-order valence-corrected chi connectivity index (χ1v) is 9.11. The number of imidazole rings is 1. The van der Waals surface area contributed by atoms with Crippen molar-refractivity contribution >= 4 is 11.9 Å². The second-order valence-electron chi connectivity index (χ2n) is 6.74. The van der Waals surface area contributed by atoms with Gasteiger partial charge in [0.15, 0.2) is 0 Å². The van der Waals surface area contributed by atoms with Gasteiger partial charge in [-0.25, -0.2) is 15.0 Å². The van der Waals surface area contributed by atoms with Crippen LogP contribution in [-0.2, 0) is 13.0 Å². The van der Waals surface area contributed by atoms with Gasteiger partial charge in [-0.15, -0.1) is 0 Å². The first-order chi connectivity index (χ1) is 12.2. The largest absolute Gasteiger partial charge is 0.339 e. The maximum absolute atomic E-state index is 13.1. The maximum Gasteiger partial charge on any atom is 0.274 e. The molecule has 7 heteroatoms. The van der Waals surface area contributed by atoms with Crippen molar-refractivity contribution in [3.05, 3.63) is 35.7 Å². The van der Waals surface area contributed by atoms with E-state index in [9.17, 15) is 4.79 Å². The molecule has 0 radical (unpaired) electrons. The minimum absolute atomic E-state index is 0.0783. The number of hydrogen-bond donors (Lipinski definition) is 0. The molecule has 132 valence electrons. The number of rotatable bonds is 2. The van der Waals surface area contributed by atoms with E-state index in [0.29, 0.717) is 12.2 Å². The molecule has 2 aliphatic heterocycles. The van der Waals surface area contributed by atoms with E-state index in [1.165, 1.54) is 6.42 Å². The molecular formula is C18H24N6O. The van der Waals surface area contributed by atoms with Crippen LogP contribution in [0.2, 0.25) is 0 Å². The van der Waals surface area contributed by atoms with Crippen LogP contribution in [0.4, 0.5) is 5.95 Å². The Bertz CT molecular complexity index is 756. The number of amides is 1. The highest BCUT2D eigenvalue weighted by Gasteiger charge is 2.28. The zero-order valence-corrected chi connectivity index (χ0v) is 14.7. The Kier molecular flexibility index (Phi) is 4.38. The number of anilines is 1. The highest BCUT2D eigenvalue weighted by Crippen LogP contribution is 2.22. The Morgan fingerprint density at radius 3 is 2.68 bits per heavy atom. The molecule has 1 amide bonds. The van der Waals surface area contributed by atoms with E-state index >= 15 is 0 Å². The van der Waals surface area contributed by atoms with Crippen molar-refractivity contribution in [1.29, 1.82) is 0 Å². The third kappa shape index (κ3) is 3.10. The summed E-state index contributed by atoms with van der Waals surface area (Å²) < 4.78 is 2.22. The van der Waals surface area contributed by atoms with Gasteiger partial charge in [0.25, 0.3) is 5.91 Å². The van der Waals surface area contributed by atoms with Crippen molar-refractivity contribution in [1.82, 2.24) is 24.4 Å². The number of nitrogens with zero attached hydrogens (tertiary/aromatic N) is 6. The second-order valence-corrected chi connectivity index (χ2v) is 6.74. The normalized spacial score (nSPS) is 18.0. The summed E-state index contributed by atoms with van der Waals surface area (Å²) in [5, 5.41) is 0. The molecule has 4 heterocycles. The van der Waals surface area contributed by atoms with Gasteiger partial charge < -0.3 is 14.4 Å². The van der Waals surface area contributed by atoms with Crippen LogP contribution in [0, 0.1) is 6.92 Å². The van der Waals surface area contributed by atoms with Crippen LogP contribution in [0.5, 0.6) is 0 Å². The SMILES string of the molecule is Cc1nc(C(=O)N2CCCN(c3ncccn3)CC2)c2n1CCCC2. The number of carbonyl (C=O) groups is 1. The summed E-state index contributed by atoms with van der Waals surface area (Å²) >= 11 is 0. The van der Waals surface area contributed by atoms with Gasteiger partial charge in [-0.05, 0) is 38.7 Å². The smallest absolute Gasteiger partial charge is 0.274 e. The topological polar surface area (TPSA) is 67.2 Å². The van der Waals surface area contributed by atoms with E-state index in [1.807, 2.05) is 17.9 Å². The number of fused-ring (bicyclic) bond motifs is 1. The molecule has 0 unspecified atom stereocenters. The average molecular weight is 340 g/mol. The zero-order chi connectivity index (χ0) is 17.2. The van der Waals surface area contributed by atoms with E-state index < -0.39 is 0 Å². The van der Waals surface area contributed by atoms with Crippen LogP contribution in [0.1, 0.15) is 41.3 Å². The lowest BCUT2D eigenvalue weighted by molar-refractivity contribution is 0.0760. The van der Waals surface area contributed by atoms with Gasteiger partial charge in [0.1, 0.15) is 11.5 Å². The molecule has 2 aromatic heterocycles. The summed E-state index contributed by atoms with van der Waals surface area (Å²) in [6, 6.07) is 1.82. The molecule has 0 N–H and O–H groups in total. The summed E-state index contributed by atoms with van der Waals surface area (Å²) in [5.41, 5.74) is 1.79. The molecule has 0 saturated carbocycles. The van der Waals surface area contributed by atoms with Gasteiger partial charge >= 0.3 is 0 Å². The highest BCUT2D eigenvalue weighted by molar-refractivity contribution is 5.93. The van der Waals surface area contributed by atoms with E-state index in [4.69, 9.17) is 0 Å². The first kappa shape index (κ1) is 16.1. The summed E-state index contributed by atoms with van der Waals surface area (Å²) in [6.07, 6.45) is 7.71. The fourth-order valence-electron chi connectivity index (χ4n) is 3.82. The Hall–Kier alpha value is -2.44. The van der Waals surface area contributed by atoms with Crippen LogP contribution < -0.4 is 4.90 Å². The third-order valence-corrected chi connectivity index (χ3v) is 5.13. The van der Waals surface area contributed by atoms with Gasteiger partial charge in [0, 0.05) is 45.1 Å². The molecule has 0 aromatic carbocycles. The van der Waals surface area contributed by atoms with Gasteiger partial charge in [-0.1, -0.05) is 0 Å². The predicted molar refractivity (Wildman–Crippen MR) is 94.7 cm³/mol. The molecule has 25 heavy (non-hydrogen) atoms. The Morgan fingerprint density at radius 2 is 1.84 bits per heavy atom. The van der Waals surface area contributed by atoms with Crippen molar-refractivity contribution in [2.45, 2.75) is 39.2 Å². The fourth-order valence-corrected chi connectivity index (χ4v) is 3.82. The summed E-state index contributed by atoms with van der Waals surface area (Å²) in [7, 11) is 0. The summed E-state index contributed by atoms with van der Waals surface area (Å²) in [4.78, 5) is 30.4. The van der Waals surface area contributed by atoms with Crippen LogP contribution >= 0.6 is 0 Å². The number of aryl methyl sites for hydroxylation is 1. The standard InChI is InChI=1S/C18H24N6O/c1-14-21-16(15-6-2-3-11-24(14)15)17(25)22-9-5-10-23(13-12-22)18-19-7-4-8-20-18/h4,7-8H,2-3,5-6,9-13H2,1H3. The van der Waals surface area contributed by atoms with E-state index in [-0.39, 0.29) is 5.91 Å². The van der Waals surface area contributed by atoms with E-state index in [0.717, 1.165) is 62.9 Å². The molecule has 1 saturated heterocycles. The molecule has 2 aliphatic rings. The Labute approximate surface area is 147 Å². The molecule has 0 bridgehead atoms. The van der Waals surface area contributed by atoms with Gasteiger partial charge in [-0.3, -0.25) is 4.79 Å². The minimum atomic E-state index is 0.0783. The average Bonchev–Trinajstić information content (AvgIpc) is 2.84. The number of carbonyl (C=O) groups excluding carboxylic acids is 1. The Balaban J connectivity index is 1.50. The first-order valence-electron chi connectivity index (χ1n) is 9.11. The monoisotopic (exact) mass is 340 g/mol. The van der Waals surface area contributed by atoms with Crippen molar-refractivity contribution in [2.24, 2.45) is 0 Å². The predicted octanol–water partition coefficient (Wildman–Crippen LogP) is 1.67. The van der Waals surface area contributed by atoms with Crippen molar-refractivity contribution < 1.29 is 4.79 Å². The lowest BCUT2D eigenvalue weighted by Gasteiger charge is -2.22. The van der Waals surface area contributed by atoms with Gasteiger partial charge in [0.05, 0.1) is 5.69 Å². The summed E-state index contributed by atoms with van der Waals surface area (Å²) in [6.45, 7) is 6.05. The molecule has 0 aliphatic carbocycles. The molecular weight excluding hydrogens is 316 g/mol. The lowest BCUT2D eigenvalue weighted by Crippen LogP contribution is -2.36. The van der Waals surface area contributed by atoms with Crippen LogP contribution in [0.3, 0.4) is 0 Å². The van der Waals surface area contributed by atoms with Crippen LogP contribution in [0.15, 0.2) is 18.5 Å². The highest BCUT2D eigenvalue weighted by atomic mass is 16.2. The molecule has 7 nitrogen and oxygen atoms in total. The van der Waals surface area contributed by atoms with Crippen LogP contribution in [-0.4, -0.2) is 56.5 Å².